The Kier molecular flexibility index (Phi) is 2.80. The molecule has 0 amide bonds. The van der Waals surface area contributed by atoms with Gasteiger partial charge in [-0.1, -0.05) is 0 Å². The number of rotatable bonds is 4. The largest absolute Gasteiger partial charge is 0.376 e. The molecule has 0 aromatic rings. The van der Waals surface area contributed by atoms with Crippen LogP contribution in [0.5, 0.6) is 0 Å². The van der Waals surface area contributed by atoms with Crippen molar-refractivity contribution in [2.45, 2.75) is 6.10 Å². The lowest BCUT2D eigenvalue weighted by Crippen LogP contribution is -2.36. The molecule has 1 aliphatic rings. The zero-order valence-electron chi connectivity index (χ0n) is 5.82. The normalized spacial score (nSPS) is 19.7. The predicted molar refractivity (Wildman–Crippen MR) is 35.5 cm³/mol. The third kappa shape index (κ3) is 3.64. The van der Waals surface area contributed by atoms with Gasteiger partial charge >= 0.3 is 10.2 Å². The van der Waals surface area contributed by atoms with E-state index in [4.69, 9.17) is 9.47 Å². The first kappa shape index (κ1) is 8.89. The van der Waals surface area contributed by atoms with Crippen LogP contribution in [0.1, 0.15) is 0 Å². The highest BCUT2D eigenvalue weighted by Crippen LogP contribution is 2.05. The highest BCUT2D eigenvalue weighted by atomic mass is 32.3. The fourth-order valence-electron chi connectivity index (χ4n) is 0.625. The molecular formula is C5H9FO4S. The lowest BCUT2D eigenvalue weighted by molar-refractivity contribution is -0.126. The second-order valence-electron chi connectivity index (χ2n) is 2.27. The van der Waals surface area contributed by atoms with Gasteiger partial charge in [-0.25, -0.2) is 0 Å². The van der Waals surface area contributed by atoms with E-state index in [0.29, 0.717) is 13.2 Å². The van der Waals surface area contributed by atoms with Crippen LogP contribution in [0, 0.1) is 0 Å². The molecule has 0 aromatic heterocycles. The average molecular weight is 184 g/mol. The van der Waals surface area contributed by atoms with E-state index in [-0.39, 0.29) is 12.7 Å². The molecule has 1 rings (SSSR count). The molecule has 1 fully saturated rings. The van der Waals surface area contributed by atoms with E-state index in [1.807, 2.05) is 0 Å². The Balaban J connectivity index is 2.04. The zero-order chi connectivity index (χ0) is 8.32. The first-order valence-electron chi connectivity index (χ1n) is 3.19. The molecule has 0 spiro atoms. The van der Waals surface area contributed by atoms with E-state index in [1.165, 1.54) is 0 Å². The third-order valence-electron chi connectivity index (χ3n) is 1.29. The summed E-state index contributed by atoms with van der Waals surface area (Å²) < 4.78 is 41.4. The Hall–Kier alpha value is -0.200. The quantitative estimate of drug-likeness (QED) is 0.563. The topological polar surface area (TPSA) is 52.6 Å². The maximum Gasteiger partial charge on any atom is 0.304 e. The summed E-state index contributed by atoms with van der Waals surface area (Å²) >= 11 is 0. The number of ether oxygens (including phenoxy) is 2. The van der Waals surface area contributed by atoms with Gasteiger partial charge in [-0.3, -0.25) is 0 Å². The van der Waals surface area contributed by atoms with Crippen LogP contribution in [-0.4, -0.2) is 40.1 Å². The van der Waals surface area contributed by atoms with E-state index >= 15 is 0 Å². The van der Waals surface area contributed by atoms with E-state index < -0.39 is 16.0 Å². The predicted octanol–water partition coefficient (Wildman–Crippen LogP) is -0.299. The van der Waals surface area contributed by atoms with E-state index in [2.05, 4.69) is 0 Å². The van der Waals surface area contributed by atoms with Gasteiger partial charge in [-0.15, -0.1) is 3.89 Å². The Morgan fingerprint density at radius 2 is 2.18 bits per heavy atom. The molecule has 0 aliphatic carbocycles. The first-order chi connectivity index (χ1) is 5.08. The van der Waals surface area contributed by atoms with Crippen LogP contribution in [0.2, 0.25) is 0 Å². The van der Waals surface area contributed by atoms with Crippen LogP contribution in [-0.2, 0) is 19.7 Å². The van der Waals surface area contributed by atoms with Crippen molar-refractivity contribution in [1.29, 1.82) is 0 Å². The smallest absolute Gasteiger partial charge is 0.304 e. The van der Waals surface area contributed by atoms with Crippen molar-refractivity contribution in [3.05, 3.63) is 0 Å². The molecular weight excluding hydrogens is 175 g/mol. The van der Waals surface area contributed by atoms with Crippen molar-refractivity contribution >= 4 is 10.2 Å². The summed E-state index contributed by atoms with van der Waals surface area (Å²) in [6, 6.07) is 0. The molecule has 0 atom stereocenters. The molecule has 1 saturated heterocycles. The minimum atomic E-state index is -4.37. The SMILES string of the molecule is O=S(=O)(F)CCOC1COC1. The summed E-state index contributed by atoms with van der Waals surface area (Å²) in [5.74, 6) is -0.566. The van der Waals surface area contributed by atoms with E-state index in [0.717, 1.165) is 0 Å². The Morgan fingerprint density at radius 1 is 1.55 bits per heavy atom. The first-order valence-corrected chi connectivity index (χ1v) is 4.75. The Morgan fingerprint density at radius 3 is 2.55 bits per heavy atom. The summed E-state index contributed by atoms with van der Waals surface area (Å²) in [5.41, 5.74) is 0. The van der Waals surface area contributed by atoms with E-state index in [9.17, 15) is 12.3 Å². The van der Waals surface area contributed by atoms with Gasteiger partial charge in [0.2, 0.25) is 0 Å². The Labute approximate surface area is 64.5 Å². The van der Waals surface area contributed by atoms with Crippen LogP contribution in [0.15, 0.2) is 0 Å². The summed E-state index contributed by atoms with van der Waals surface area (Å²) in [7, 11) is -4.37. The molecule has 0 unspecified atom stereocenters. The zero-order valence-corrected chi connectivity index (χ0v) is 6.64. The fourth-order valence-corrected chi connectivity index (χ4v) is 0.920. The highest BCUT2D eigenvalue weighted by Gasteiger charge is 2.19. The monoisotopic (exact) mass is 184 g/mol. The average Bonchev–Trinajstić information content (AvgIpc) is 1.73. The maximum atomic E-state index is 11.8. The van der Waals surface area contributed by atoms with Crippen molar-refractivity contribution in [3.63, 3.8) is 0 Å². The molecule has 4 nitrogen and oxygen atoms in total. The molecule has 66 valence electrons. The Bertz CT molecular complexity index is 209. The molecule has 6 heteroatoms. The molecule has 11 heavy (non-hydrogen) atoms. The van der Waals surface area contributed by atoms with Crippen LogP contribution in [0.3, 0.4) is 0 Å². The molecule has 1 heterocycles. The van der Waals surface area contributed by atoms with Crippen molar-refractivity contribution < 1.29 is 21.8 Å². The molecule has 1 aliphatic heterocycles. The van der Waals surface area contributed by atoms with Crippen molar-refractivity contribution in [2.75, 3.05) is 25.6 Å². The molecule has 0 aromatic carbocycles. The molecule has 0 radical (unpaired) electrons. The van der Waals surface area contributed by atoms with Crippen LogP contribution >= 0.6 is 0 Å². The standard InChI is InChI=1S/C5H9FO4S/c6-11(7,8)2-1-10-5-3-9-4-5/h5H,1-4H2. The minimum Gasteiger partial charge on any atom is -0.376 e. The maximum absolute atomic E-state index is 11.8. The summed E-state index contributed by atoms with van der Waals surface area (Å²) in [6.07, 6.45) is -0.0447. The van der Waals surface area contributed by atoms with Gasteiger partial charge in [0, 0.05) is 0 Å². The lowest BCUT2D eigenvalue weighted by atomic mass is 10.3. The molecule has 0 saturated carbocycles. The van der Waals surface area contributed by atoms with E-state index in [1.54, 1.807) is 0 Å². The number of hydrogen-bond donors (Lipinski definition) is 0. The van der Waals surface area contributed by atoms with Crippen LogP contribution < -0.4 is 0 Å². The summed E-state index contributed by atoms with van der Waals surface area (Å²) in [6.45, 7) is 0.867. The van der Waals surface area contributed by atoms with Gasteiger partial charge in [0.15, 0.2) is 0 Å². The van der Waals surface area contributed by atoms with Crippen molar-refractivity contribution in [1.82, 2.24) is 0 Å². The van der Waals surface area contributed by atoms with Gasteiger partial charge in [0.05, 0.1) is 19.8 Å². The van der Waals surface area contributed by atoms with Crippen LogP contribution in [0.25, 0.3) is 0 Å². The van der Waals surface area contributed by atoms with Gasteiger partial charge in [-0.2, -0.15) is 8.42 Å². The van der Waals surface area contributed by atoms with Crippen LogP contribution in [0.4, 0.5) is 3.89 Å². The fraction of sp³-hybridized carbons (Fsp3) is 1.00. The number of halogens is 1. The minimum absolute atomic E-state index is 0.0447. The lowest BCUT2D eigenvalue weighted by Gasteiger charge is -2.25. The number of hydrogen-bond acceptors (Lipinski definition) is 4. The summed E-state index contributed by atoms with van der Waals surface area (Å²) in [5, 5.41) is 0. The van der Waals surface area contributed by atoms with Gasteiger partial charge in [-0.05, 0) is 0 Å². The molecule has 0 N–H and O–H groups in total. The highest BCUT2D eigenvalue weighted by molar-refractivity contribution is 7.86. The molecule has 0 bridgehead atoms. The van der Waals surface area contributed by atoms with Gasteiger partial charge in [0.25, 0.3) is 0 Å². The third-order valence-corrected chi connectivity index (χ3v) is 1.94. The van der Waals surface area contributed by atoms with Gasteiger partial charge in [0.1, 0.15) is 11.9 Å². The second kappa shape index (κ2) is 3.46. The van der Waals surface area contributed by atoms with Crippen molar-refractivity contribution in [3.8, 4) is 0 Å². The second-order valence-corrected chi connectivity index (χ2v) is 3.76. The summed E-state index contributed by atoms with van der Waals surface area (Å²) in [4.78, 5) is 0. The van der Waals surface area contributed by atoms with Crippen molar-refractivity contribution in [2.24, 2.45) is 0 Å². The van der Waals surface area contributed by atoms with Gasteiger partial charge < -0.3 is 9.47 Å².